The summed E-state index contributed by atoms with van der Waals surface area (Å²) in [7, 11) is 0. The van der Waals surface area contributed by atoms with Gasteiger partial charge in [0.1, 0.15) is 0 Å². The molecule has 2 fully saturated rings. The molecule has 0 aromatic carbocycles. The number of aliphatic carboxylic acids is 1. The van der Waals surface area contributed by atoms with E-state index in [4.69, 9.17) is 11.6 Å². The van der Waals surface area contributed by atoms with Crippen LogP contribution in [0.15, 0.2) is 4.99 Å². The number of nitrogens with one attached hydrogen (secondary N) is 5. The average Bonchev–Trinajstić information content (AvgIpc) is 3.27. The topological polar surface area (TPSA) is 164 Å². The lowest BCUT2D eigenvalue weighted by molar-refractivity contribution is -0.139. The number of piperidine rings is 1. The van der Waals surface area contributed by atoms with Crippen molar-refractivity contribution in [2.75, 3.05) is 32.7 Å². The van der Waals surface area contributed by atoms with Crippen LogP contribution in [0, 0.1) is 11.8 Å². The van der Waals surface area contributed by atoms with Crippen molar-refractivity contribution < 1.29 is 24.6 Å². The van der Waals surface area contributed by atoms with Gasteiger partial charge in [-0.05, 0) is 19.3 Å². The Morgan fingerprint density at radius 1 is 1.24 bits per heavy atom. The van der Waals surface area contributed by atoms with Crippen LogP contribution in [0.25, 0.3) is 0 Å². The Labute approximate surface area is 211 Å². The van der Waals surface area contributed by atoms with Gasteiger partial charge < -0.3 is 36.8 Å². The number of guanidine groups is 1. The van der Waals surface area contributed by atoms with Crippen molar-refractivity contribution in [3.63, 3.8) is 0 Å². The number of amides is 2. The third-order valence-electron chi connectivity index (χ3n) is 6.24. The molecule has 0 aromatic rings. The SMILES string of the molecule is O=C(O)CC(NC(=O)CNC(=O)C1CNCC(NC2=NCCN2)C1)C1CC(Cl)CC(I)C1O. The minimum absolute atomic E-state index is 0.0464. The zero-order valence-electron chi connectivity index (χ0n) is 18.2. The molecule has 2 aliphatic heterocycles. The summed E-state index contributed by atoms with van der Waals surface area (Å²) in [6.45, 7) is 2.48. The van der Waals surface area contributed by atoms with Crippen LogP contribution < -0.4 is 26.6 Å². The second-order valence-corrected chi connectivity index (χ2v) is 11.0. The third kappa shape index (κ3) is 7.82. The van der Waals surface area contributed by atoms with Crippen LogP contribution >= 0.6 is 34.2 Å². The number of hydrogen-bond acceptors (Lipinski definition) is 8. The van der Waals surface area contributed by atoms with Crippen LogP contribution in [-0.4, -0.2) is 94.2 Å². The Morgan fingerprint density at radius 3 is 2.73 bits per heavy atom. The number of carboxylic acid groups (broad SMARTS) is 1. The second kappa shape index (κ2) is 12.4. The quantitative estimate of drug-likeness (QED) is 0.135. The maximum atomic E-state index is 12.6. The zero-order chi connectivity index (χ0) is 24.0. The average molecular weight is 599 g/mol. The standard InChI is InChI=1S/C20H32ClIN6O5/c21-11-4-13(18(32)14(22)5-11)15(6-17(30)31)28-16(29)9-26-19(33)10-3-12(8-23-7-10)27-20-24-1-2-25-20/h10-15,18,23,32H,1-9H2,(H,26,33)(H,28,29)(H,30,31)(H2,24,25,27). The number of aliphatic hydroxyl groups is 1. The first-order chi connectivity index (χ1) is 15.7. The summed E-state index contributed by atoms with van der Waals surface area (Å²) in [6, 6.07) is -0.726. The first-order valence-electron chi connectivity index (χ1n) is 11.2. The first kappa shape index (κ1) is 26.2. The molecule has 13 heteroatoms. The van der Waals surface area contributed by atoms with Crippen LogP contribution in [-0.2, 0) is 14.4 Å². The number of carboxylic acids is 1. The van der Waals surface area contributed by atoms with E-state index >= 15 is 0 Å². The van der Waals surface area contributed by atoms with Crippen molar-refractivity contribution in [1.82, 2.24) is 26.6 Å². The molecule has 186 valence electrons. The third-order valence-corrected chi connectivity index (χ3v) is 7.84. The van der Waals surface area contributed by atoms with Crippen molar-refractivity contribution in [3.8, 4) is 0 Å². The number of halogens is 2. The van der Waals surface area contributed by atoms with Gasteiger partial charge in [0.15, 0.2) is 5.96 Å². The summed E-state index contributed by atoms with van der Waals surface area (Å²) < 4.78 is -0.123. The predicted molar refractivity (Wildman–Crippen MR) is 132 cm³/mol. The molecule has 3 aliphatic rings. The molecular formula is C20H32ClIN6O5. The van der Waals surface area contributed by atoms with Crippen molar-refractivity contribution in [2.45, 2.75) is 53.2 Å². The van der Waals surface area contributed by atoms with Gasteiger partial charge in [0, 0.05) is 46.9 Å². The molecule has 7 atom stereocenters. The number of carbonyl (C=O) groups excluding carboxylic acids is 2. The van der Waals surface area contributed by atoms with Gasteiger partial charge >= 0.3 is 5.97 Å². The van der Waals surface area contributed by atoms with Crippen LogP contribution in [0.5, 0.6) is 0 Å². The van der Waals surface area contributed by atoms with Gasteiger partial charge in [-0.25, -0.2) is 0 Å². The zero-order valence-corrected chi connectivity index (χ0v) is 21.1. The van der Waals surface area contributed by atoms with Gasteiger partial charge in [0.2, 0.25) is 11.8 Å². The van der Waals surface area contributed by atoms with Crippen LogP contribution in [0.4, 0.5) is 0 Å². The summed E-state index contributed by atoms with van der Waals surface area (Å²) in [5, 5.41) is 34.7. The number of rotatable bonds is 8. The molecule has 1 saturated carbocycles. The Balaban J connectivity index is 1.49. The van der Waals surface area contributed by atoms with Crippen molar-refractivity contribution in [3.05, 3.63) is 0 Å². The minimum atomic E-state index is -1.08. The van der Waals surface area contributed by atoms with Gasteiger partial charge in [0.25, 0.3) is 0 Å². The maximum absolute atomic E-state index is 12.6. The number of aliphatic hydroxyl groups excluding tert-OH is 1. The van der Waals surface area contributed by atoms with E-state index in [9.17, 15) is 24.6 Å². The predicted octanol–water partition coefficient (Wildman–Crippen LogP) is -1.23. The van der Waals surface area contributed by atoms with E-state index in [0.29, 0.717) is 32.4 Å². The lowest BCUT2D eigenvalue weighted by atomic mass is 9.80. The molecule has 1 saturated heterocycles. The fourth-order valence-corrected chi connectivity index (χ4v) is 6.44. The maximum Gasteiger partial charge on any atom is 0.305 e. The first-order valence-corrected chi connectivity index (χ1v) is 12.9. The van der Waals surface area contributed by atoms with Gasteiger partial charge in [-0.1, -0.05) is 22.6 Å². The van der Waals surface area contributed by atoms with E-state index in [1.54, 1.807) is 0 Å². The summed E-state index contributed by atoms with van der Waals surface area (Å²) in [5.74, 6) is -1.85. The largest absolute Gasteiger partial charge is 0.481 e. The van der Waals surface area contributed by atoms with E-state index in [1.807, 2.05) is 0 Å². The summed E-state index contributed by atoms with van der Waals surface area (Å²) in [4.78, 5) is 40.8. The lowest BCUT2D eigenvalue weighted by Gasteiger charge is -2.39. The molecule has 33 heavy (non-hydrogen) atoms. The van der Waals surface area contributed by atoms with E-state index in [2.05, 4.69) is 54.2 Å². The molecule has 1 aliphatic carbocycles. The Hall–Kier alpha value is -1.38. The van der Waals surface area contributed by atoms with Crippen LogP contribution in [0.3, 0.4) is 0 Å². The van der Waals surface area contributed by atoms with E-state index < -0.39 is 29.9 Å². The fraction of sp³-hybridized carbons (Fsp3) is 0.800. The van der Waals surface area contributed by atoms with Gasteiger partial charge in [-0.3, -0.25) is 19.4 Å². The van der Waals surface area contributed by atoms with E-state index in [1.165, 1.54) is 0 Å². The van der Waals surface area contributed by atoms with E-state index in [0.717, 1.165) is 19.0 Å². The molecule has 2 heterocycles. The molecule has 7 N–H and O–H groups in total. The van der Waals surface area contributed by atoms with Gasteiger partial charge in [-0.2, -0.15) is 0 Å². The Morgan fingerprint density at radius 2 is 2.03 bits per heavy atom. The molecule has 2 amide bonds. The highest BCUT2D eigenvalue weighted by atomic mass is 127. The smallest absolute Gasteiger partial charge is 0.305 e. The van der Waals surface area contributed by atoms with Crippen molar-refractivity contribution >= 4 is 57.9 Å². The Bertz CT molecular complexity index is 758. The van der Waals surface area contributed by atoms with Gasteiger partial charge in [-0.15, -0.1) is 11.6 Å². The summed E-state index contributed by atoms with van der Waals surface area (Å²) in [6.07, 6.45) is 0.543. The van der Waals surface area contributed by atoms with Crippen LogP contribution in [0.2, 0.25) is 0 Å². The number of hydrogen-bond donors (Lipinski definition) is 7. The number of nitrogens with zero attached hydrogens (tertiary/aromatic N) is 1. The summed E-state index contributed by atoms with van der Waals surface area (Å²) >= 11 is 8.39. The van der Waals surface area contributed by atoms with E-state index in [-0.39, 0.29) is 40.1 Å². The van der Waals surface area contributed by atoms with Crippen LogP contribution in [0.1, 0.15) is 25.7 Å². The number of carbonyl (C=O) groups is 3. The normalized spacial score (nSPS) is 32.8. The highest BCUT2D eigenvalue weighted by Gasteiger charge is 2.40. The van der Waals surface area contributed by atoms with Crippen molar-refractivity contribution in [2.24, 2.45) is 16.8 Å². The Kier molecular flexibility index (Phi) is 9.82. The molecule has 11 nitrogen and oxygen atoms in total. The molecule has 3 rings (SSSR count). The molecule has 7 unspecified atom stereocenters. The number of alkyl halides is 2. The molecule has 0 bridgehead atoms. The highest BCUT2D eigenvalue weighted by molar-refractivity contribution is 14.1. The van der Waals surface area contributed by atoms with Crippen molar-refractivity contribution in [1.29, 1.82) is 0 Å². The van der Waals surface area contributed by atoms with Gasteiger partial charge in [0.05, 0.1) is 31.5 Å². The number of aliphatic imine (C=N–C) groups is 1. The minimum Gasteiger partial charge on any atom is -0.481 e. The molecule has 0 aromatic heterocycles. The second-order valence-electron chi connectivity index (χ2n) is 8.82. The molecular weight excluding hydrogens is 567 g/mol. The molecule has 0 radical (unpaired) electrons. The fourth-order valence-electron chi connectivity index (χ4n) is 4.59. The lowest BCUT2D eigenvalue weighted by Crippen LogP contribution is -2.55. The highest BCUT2D eigenvalue weighted by Crippen LogP contribution is 2.35. The monoisotopic (exact) mass is 598 g/mol. The molecule has 0 spiro atoms. The summed E-state index contributed by atoms with van der Waals surface area (Å²) in [5.41, 5.74) is 0.